The number of aromatic nitrogens is 1. The van der Waals surface area contributed by atoms with E-state index in [0.717, 1.165) is 22.8 Å². The monoisotopic (exact) mass is 360 g/mol. The minimum absolute atomic E-state index is 0.283. The molecule has 4 rings (SSSR count). The Morgan fingerprint density at radius 3 is 2.92 bits per heavy atom. The molecule has 128 valence electrons. The van der Waals surface area contributed by atoms with Gasteiger partial charge in [0.05, 0.1) is 16.0 Å². The Balaban J connectivity index is 1.43. The number of hydrogen-bond donors (Lipinski definition) is 0. The molecule has 2 atom stereocenters. The van der Waals surface area contributed by atoms with Crippen LogP contribution in [0.15, 0.2) is 28.6 Å². The van der Waals surface area contributed by atoms with Crippen LogP contribution in [0, 0.1) is 10.8 Å². The van der Waals surface area contributed by atoms with Crippen LogP contribution in [0.3, 0.4) is 0 Å². The molecule has 0 spiro atoms. The standard InChI is InChI=1S/C19H24N2OS2/c1-18(2)8-13-9-19(3,11-18)12-21(13)16(22)10-23-17-20-14-6-4-5-7-15(14)24-17/h4-7,13H,8-12H2,1-3H3. The molecule has 3 nitrogen and oxygen atoms in total. The first-order valence-corrected chi connectivity index (χ1v) is 10.4. The summed E-state index contributed by atoms with van der Waals surface area (Å²) in [5.74, 6) is 0.790. The van der Waals surface area contributed by atoms with Gasteiger partial charge in [0.1, 0.15) is 0 Å². The normalized spacial score (nSPS) is 28.5. The average molecular weight is 361 g/mol. The van der Waals surface area contributed by atoms with Gasteiger partial charge in [-0.15, -0.1) is 11.3 Å². The largest absolute Gasteiger partial charge is 0.338 e. The SMILES string of the molecule is CC1(C)CC2CC(C)(CN2C(=O)CSc2nc3ccccc3s2)C1. The van der Waals surface area contributed by atoms with Crippen molar-refractivity contribution >= 4 is 39.2 Å². The fourth-order valence-electron chi connectivity index (χ4n) is 4.87. The molecule has 5 heteroatoms. The predicted octanol–water partition coefficient (Wildman–Crippen LogP) is 4.82. The quantitative estimate of drug-likeness (QED) is 0.736. The Kier molecular flexibility index (Phi) is 3.92. The van der Waals surface area contributed by atoms with Crippen LogP contribution < -0.4 is 0 Å². The molecule has 1 aromatic carbocycles. The summed E-state index contributed by atoms with van der Waals surface area (Å²) in [4.78, 5) is 19.6. The summed E-state index contributed by atoms with van der Waals surface area (Å²) in [7, 11) is 0. The van der Waals surface area contributed by atoms with Crippen LogP contribution in [0.25, 0.3) is 10.2 Å². The summed E-state index contributed by atoms with van der Waals surface area (Å²) in [6.45, 7) is 7.98. The molecule has 2 heterocycles. The van der Waals surface area contributed by atoms with Crippen LogP contribution in [0.2, 0.25) is 0 Å². The van der Waals surface area contributed by atoms with Crippen molar-refractivity contribution < 1.29 is 4.79 Å². The topological polar surface area (TPSA) is 33.2 Å². The number of likely N-dealkylation sites (tertiary alicyclic amines) is 1. The third kappa shape index (κ3) is 3.08. The highest BCUT2D eigenvalue weighted by atomic mass is 32.2. The van der Waals surface area contributed by atoms with Crippen molar-refractivity contribution in [2.45, 2.75) is 50.4 Å². The predicted molar refractivity (Wildman–Crippen MR) is 102 cm³/mol. The van der Waals surface area contributed by atoms with Crippen LogP contribution in [-0.4, -0.2) is 34.1 Å². The summed E-state index contributed by atoms with van der Waals surface area (Å²) >= 11 is 3.27. The summed E-state index contributed by atoms with van der Waals surface area (Å²) in [6.07, 6.45) is 3.54. The van der Waals surface area contributed by atoms with Gasteiger partial charge in [0, 0.05) is 12.6 Å². The number of thioether (sulfide) groups is 1. The minimum Gasteiger partial charge on any atom is -0.338 e. The molecule has 1 saturated carbocycles. The van der Waals surface area contributed by atoms with Crippen LogP contribution in [0.4, 0.5) is 0 Å². The number of carbonyl (C=O) groups excluding carboxylic acids is 1. The average Bonchev–Trinajstić information content (AvgIpc) is 3.01. The molecule has 2 bridgehead atoms. The van der Waals surface area contributed by atoms with Crippen molar-refractivity contribution in [1.29, 1.82) is 0 Å². The van der Waals surface area contributed by atoms with E-state index >= 15 is 0 Å². The first kappa shape index (κ1) is 16.4. The van der Waals surface area contributed by atoms with Gasteiger partial charge in [0.15, 0.2) is 4.34 Å². The Morgan fingerprint density at radius 1 is 1.33 bits per heavy atom. The van der Waals surface area contributed by atoms with Crippen molar-refractivity contribution in [3.63, 3.8) is 0 Å². The number of thiazole rings is 1. The number of fused-ring (bicyclic) bond motifs is 3. The maximum absolute atomic E-state index is 12.8. The molecular formula is C19H24N2OS2. The van der Waals surface area contributed by atoms with Gasteiger partial charge in [-0.2, -0.15) is 0 Å². The number of hydrogen-bond acceptors (Lipinski definition) is 4. The maximum Gasteiger partial charge on any atom is 0.233 e. The van der Waals surface area contributed by atoms with Gasteiger partial charge >= 0.3 is 0 Å². The fraction of sp³-hybridized carbons (Fsp3) is 0.579. The van der Waals surface area contributed by atoms with Crippen molar-refractivity contribution in [2.24, 2.45) is 10.8 Å². The molecule has 1 amide bonds. The summed E-state index contributed by atoms with van der Waals surface area (Å²) in [5, 5.41) is 0. The number of amides is 1. The van der Waals surface area contributed by atoms with Gasteiger partial charge < -0.3 is 4.90 Å². The zero-order chi connectivity index (χ0) is 16.9. The lowest BCUT2D eigenvalue weighted by Crippen LogP contribution is -2.38. The molecule has 1 aliphatic carbocycles. The van der Waals surface area contributed by atoms with Gasteiger partial charge in [0.2, 0.25) is 5.91 Å². The van der Waals surface area contributed by atoms with Crippen molar-refractivity contribution in [2.75, 3.05) is 12.3 Å². The molecule has 0 radical (unpaired) electrons. The van der Waals surface area contributed by atoms with Crippen LogP contribution in [-0.2, 0) is 4.79 Å². The number of rotatable bonds is 3. The van der Waals surface area contributed by atoms with Crippen LogP contribution >= 0.6 is 23.1 Å². The van der Waals surface area contributed by atoms with Gasteiger partial charge in [0.25, 0.3) is 0 Å². The van der Waals surface area contributed by atoms with E-state index in [9.17, 15) is 4.79 Å². The van der Waals surface area contributed by atoms with E-state index in [0.29, 0.717) is 22.6 Å². The van der Waals surface area contributed by atoms with Crippen molar-refractivity contribution in [3.05, 3.63) is 24.3 Å². The number of nitrogens with zero attached hydrogens (tertiary/aromatic N) is 2. The van der Waals surface area contributed by atoms with Crippen molar-refractivity contribution in [3.8, 4) is 0 Å². The molecule has 2 unspecified atom stereocenters. The zero-order valence-corrected chi connectivity index (χ0v) is 16.2. The van der Waals surface area contributed by atoms with E-state index in [4.69, 9.17) is 0 Å². The number of benzene rings is 1. The zero-order valence-electron chi connectivity index (χ0n) is 14.5. The first-order chi connectivity index (χ1) is 11.3. The molecule has 2 aromatic rings. The fourth-order valence-corrected chi connectivity index (χ4v) is 6.83. The van der Waals surface area contributed by atoms with Crippen molar-refractivity contribution in [1.82, 2.24) is 9.88 Å². The van der Waals surface area contributed by atoms with E-state index in [1.165, 1.54) is 17.5 Å². The molecule has 1 aromatic heterocycles. The van der Waals surface area contributed by atoms with Crippen LogP contribution in [0.1, 0.15) is 40.0 Å². The highest BCUT2D eigenvalue weighted by Gasteiger charge is 2.50. The lowest BCUT2D eigenvalue weighted by Gasteiger charge is -2.39. The second kappa shape index (κ2) is 5.73. The third-order valence-electron chi connectivity index (χ3n) is 5.33. The van der Waals surface area contributed by atoms with Gasteiger partial charge in [-0.1, -0.05) is 44.7 Å². The van der Waals surface area contributed by atoms with E-state index in [-0.39, 0.29) is 5.91 Å². The highest BCUT2D eigenvalue weighted by molar-refractivity contribution is 8.01. The molecule has 1 saturated heterocycles. The Labute approximate surface area is 151 Å². The van der Waals surface area contributed by atoms with Gasteiger partial charge in [-0.05, 0) is 42.2 Å². The smallest absolute Gasteiger partial charge is 0.233 e. The van der Waals surface area contributed by atoms with E-state index in [2.05, 4.69) is 36.7 Å². The summed E-state index contributed by atoms with van der Waals surface area (Å²) in [6, 6.07) is 8.60. The van der Waals surface area contributed by atoms with Gasteiger partial charge in [-0.25, -0.2) is 4.98 Å². The molecular weight excluding hydrogens is 336 g/mol. The van der Waals surface area contributed by atoms with E-state index in [1.807, 2.05) is 18.2 Å². The third-order valence-corrected chi connectivity index (χ3v) is 7.49. The Hall–Kier alpha value is -1.07. The van der Waals surface area contributed by atoms with Crippen LogP contribution in [0.5, 0.6) is 0 Å². The molecule has 1 aliphatic heterocycles. The van der Waals surface area contributed by atoms with Gasteiger partial charge in [-0.3, -0.25) is 4.79 Å². The lowest BCUT2D eigenvalue weighted by atomic mass is 9.65. The molecule has 2 aliphatic rings. The minimum atomic E-state index is 0.283. The number of para-hydroxylation sites is 1. The first-order valence-electron chi connectivity index (χ1n) is 8.62. The number of carbonyl (C=O) groups is 1. The second-order valence-corrected chi connectivity index (χ2v) is 10.7. The molecule has 0 N–H and O–H groups in total. The molecule has 24 heavy (non-hydrogen) atoms. The Morgan fingerprint density at radius 2 is 2.12 bits per heavy atom. The van der Waals surface area contributed by atoms with E-state index in [1.54, 1.807) is 23.1 Å². The summed E-state index contributed by atoms with van der Waals surface area (Å²) < 4.78 is 2.19. The molecule has 2 fully saturated rings. The highest BCUT2D eigenvalue weighted by Crippen LogP contribution is 2.52. The lowest BCUT2D eigenvalue weighted by molar-refractivity contribution is -0.129. The van der Waals surface area contributed by atoms with E-state index < -0.39 is 0 Å². The second-order valence-electron chi connectivity index (χ2n) is 8.47. The summed E-state index contributed by atoms with van der Waals surface area (Å²) in [5.41, 5.74) is 1.69. The maximum atomic E-state index is 12.8. The Bertz CT molecular complexity index is 752.